The summed E-state index contributed by atoms with van der Waals surface area (Å²) in [6, 6.07) is 16.8. The summed E-state index contributed by atoms with van der Waals surface area (Å²) in [5.41, 5.74) is 5.31. The van der Waals surface area contributed by atoms with Crippen LogP contribution in [0.25, 0.3) is 10.9 Å². The third-order valence-corrected chi connectivity index (χ3v) is 7.28. The Labute approximate surface area is 192 Å². The maximum Gasteiger partial charge on any atom is 0.253 e. The molecule has 1 fully saturated rings. The summed E-state index contributed by atoms with van der Waals surface area (Å²) in [5.74, 6) is 0.776. The average molecular weight is 441 g/mol. The monoisotopic (exact) mass is 440 g/mol. The minimum atomic E-state index is -0.302. The fraction of sp³-hybridized carbons (Fsp3) is 0.385. The molecule has 33 heavy (non-hydrogen) atoms. The number of aryl methyl sites for hydroxylation is 1. The van der Waals surface area contributed by atoms with Crippen molar-refractivity contribution in [3.8, 4) is 0 Å². The summed E-state index contributed by atoms with van der Waals surface area (Å²) in [5, 5.41) is 14.0. The van der Waals surface area contributed by atoms with Gasteiger partial charge in [-0.3, -0.25) is 9.69 Å². The molecular formula is C26H28N6O. The normalized spacial score (nSPS) is 18.0. The van der Waals surface area contributed by atoms with Gasteiger partial charge in [-0.25, -0.2) is 4.68 Å². The number of pyridine rings is 1. The van der Waals surface area contributed by atoms with E-state index in [0.717, 1.165) is 54.6 Å². The first-order valence-corrected chi connectivity index (χ1v) is 11.9. The number of tetrazole rings is 1. The van der Waals surface area contributed by atoms with Gasteiger partial charge in [0.15, 0.2) is 5.82 Å². The zero-order chi connectivity index (χ0) is 22.4. The van der Waals surface area contributed by atoms with Gasteiger partial charge in [0.1, 0.15) is 6.04 Å². The van der Waals surface area contributed by atoms with E-state index >= 15 is 0 Å². The maximum atomic E-state index is 13.4. The van der Waals surface area contributed by atoms with Crippen LogP contribution >= 0.6 is 0 Å². The molecule has 0 unspecified atom stereocenters. The van der Waals surface area contributed by atoms with Crippen LogP contribution in [0.5, 0.6) is 0 Å². The van der Waals surface area contributed by atoms with E-state index in [-0.39, 0.29) is 11.6 Å². The summed E-state index contributed by atoms with van der Waals surface area (Å²) >= 11 is 0. The lowest BCUT2D eigenvalue weighted by molar-refractivity contribution is 0.190. The summed E-state index contributed by atoms with van der Waals surface area (Å²) in [4.78, 5) is 18.9. The van der Waals surface area contributed by atoms with Gasteiger partial charge in [-0.05, 0) is 70.8 Å². The van der Waals surface area contributed by atoms with E-state index in [1.54, 1.807) is 0 Å². The summed E-state index contributed by atoms with van der Waals surface area (Å²) in [6.45, 7) is 3.66. The van der Waals surface area contributed by atoms with Crippen molar-refractivity contribution in [3.63, 3.8) is 0 Å². The number of rotatable bonds is 4. The van der Waals surface area contributed by atoms with Gasteiger partial charge in [0.25, 0.3) is 5.56 Å². The predicted molar refractivity (Wildman–Crippen MR) is 127 cm³/mol. The molecule has 1 aliphatic carbocycles. The van der Waals surface area contributed by atoms with Crippen molar-refractivity contribution in [2.75, 3.05) is 6.54 Å². The average Bonchev–Trinajstić information content (AvgIpc) is 3.52. The number of nitrogens with one attached hydrogen (secondary N) is 1. The van der Waals surface area contributed by atoms with Gasteiger partial charge in [-0.1, -0.05) is 49.2 Å². The molecule has 0 bridgehead atoms. The molecule has 1 atom stereocenters. The van der Waals surface area contributed by atoms with Crippen molar-refractivity contribution in [2.24, 2.45) is 0 Å². The summed E-state index contributed by atoms with van der Waals surface area (Å²) < 4.78 is 2.00. The van der Waals surface area contributed by atoms with Crippen LogP contribution in [-0.2, 0) is 13.0 Å². The Bertz CT molecular complexity index is 1370. The lowest BCUT2D eigenvalue weighted by Gasteiger charge is -2.35. The first-order valence-electron chi connectivity index (χ1n) is 11.9. The van der Waals surface area contributed by atoms with Crippen molar-refractivity contribution >= 4 is 10.9 Å². The van der Waals surface area contributed by atoms with Gasteiger partial charge >= 0.3 is 0 Å². The molecule has 1 aliphatic heterocycles. The van der Waals surface area contributed by atoms with Crippen LogP contribution in [-0.4, -0.2) is 36.6 Å². The number of H-pyrrole nitrogens is 1. The van der Waals surface area contributed by atoms with E-state index in [1.165, 1.54) is 24.0 Å². The number of aromatic nitrogens is 5. The number of hydrogen-bond donors (Lipinski definition) is 1. The van der Waals surface area contributed by atoms with Gasteiger partial charge in [-0.2, -0.15) is 0 Å². The first kappa shape index (κ1) is 20.3. The molecule has 7 heteroatoms. The largest absolute Gasteiger partial charge is 0.322 e. The second-order valence-corrected chi connectivity index (χ2v) is 9.46. The summed E-state index contributed by atoms with van der Waals surface area (Å²) in [7, 11) is 0. The van der Waals surface area contributed by atoms with Crippen molar-refractivity contribution in [1.82, 2.24) is 30.1 Å². The first-order chi connectivity index (χ1) is 16.2. The standard InChI is InChI=1S/C26H28N6O/c1-17-10-11-19-15-22(26(33)27-23(19)14-17)24(25-28-29-30-32(25)21-8-4-5-9-21)31-13-12-18-6-2-3-7-20(18)16-31/h2-3,6-7,10-11,14-15,21,24H,4-5,8-9,12-13,16H2,1H3,(H,27,33)/t24-/m1/s1. The molecule has 4 aromatic rings. The Morgan fingerprint density at radius 2 is 1.88 bits per heavy atom. The molecule has 0 spiro atoms. The number of benzene rings is 2. The number of hydrogen-bond acceptors (Lipinski definition) is 5. The molecule has 3 heterocycles. The van der Waals surface area contributed by atoms with E-state index in [4.69, 9.17) is 0 Å². The van der Waals surface area contributed by atoms with E-state index in [9.17, 15) is 4.79 Å². The zero-order valence-electron chi connectivity index (χ0n) is 18.9. The van der Waals surface area contributed by atoms with E-state index in [1.807, 2.05) is 23.7 Å². The highest BCUT2D eigenvalue weighted by atomic mass is 16.1. The van der Waals surface area contributed by atoms with Gasteiger partial charge in [0.05, 0.1) is 6.04 Å². The van der Waals surface area contributed by atoms with E-state index in [2.05, 4.69) is 61.8 Å². The fourth-order valence-electron chi connectivity index (χ4n) is 5.56. The van der Waals surface area contributed by atoms with Crippen LogP contribution in [0.3, 0.4) is 0 Å². The van der Waals surface area contributed by atoms with Crippen LogP contribution in [0.15, 0.2) is 53.3 Å². The molecule has 7 nitrogen and oxygen atoms in total. The Morgan fingerprint density at radius 1 is 1.06 bits per heavy atom. The van der Waals surface area contributed by atoms with Crippen molar-refractivity contribution in [2.45, 2.75) is 57.7 Å². The molecule has 1 saturated carbocycles. The molecule has 6 rings (SSSR count). The van der Waals surface area contributed by atoms with Gasteiger partial charge < -0.3 is 4.98 Å². The quantitative estimate of drug-likeness (QED) is 0.517. The number of nitrogens with zero attached hydrogens (tertiary/aromatic N) is 5. The zero-order valence-corrected chi connectivity index (χ0v) is 18.9. The second-order valence-electron chi connectivity index (χ2n) is 9.46. The number of aromatic amines is 1. The molecule has 168 valence electrons. The Balaban J connectivity index is 1.50. The van der Waals surface area contributed by atoms with E-state index in [0.29, 0.717) is 11.6 Å². The smallest absolute Gasteiger partial charge is 0.253 e. The van der Waals surface area contributed by atoms with E-state index < -0.39 is 0 Å². The van der Waals surface area contributed by atoms with Crippen LogP contribution in [0.4, 0.5) is 0 Å². The molecule has 0 saturated heterocycles. The fourth-order valence-corrected chi connectivity index (χ4v) is 5.56. The van der Waals surface area contributed by atoms with Crippen LogP contribution < -0.4 is 5.56 Å². The predicted octanol–water partition coefficient (Wildman–Crippen LogP) is 4.09. The van der Waals surface area contributed by atoms with Gasteiger partial charge in [0, 0.05) is 24.2 Å². The molecule has 2 aromatic heterocycles. The van der Waals surface area contributed by atoms with Gasteiger partial charge in [-0.15, -0.1) is 5.10 Å². The molecule has 2 aromatic carbocycles. The highest BCUT2D eigenvalue weighted by Crippen LogP contribution is 2.35. The Kier molecular flexibility index (Phi) is 5.06. The minimum Gasteiger partial charge on any atom is -0.322 e. The highest BCUT2D eigenvalue weighted by Gasteiger charge is 2.34. The molecule has 1 N–H and O–H groups in total. The Morgan fingerprint density at radius 3 is 2.73 bits per heavy atom. The maximum absolute atomic E-state index is 13.4. The summed E-state index contributed by atoms with van der Waals surface area (Å²) in [6.07, 6.45) is 5.51. The van der Waals surface area contributed by atoms with Crippen molar-refractivity contribution in [3.05, 3.63) is 87.0 Å². The third kappa shape index (κ3) is 3.66. The Hall–Kier alpha value is -3.32. The van der Waals surface area contributed by atoms with Gasteiger partial charge in [0.2, 0.25) is 0 Å². The highest BCUT2D eigenvalue weighted by molar-refractivity contribution is 5.79. The lowest BCUT2D eigenvalue weighted by atomic mass is 9.95. The van der Waals surface area contributed by atoms with Crippen LogP contribution in [0, 0.1) is 6.92 Å². The molecular weight excluding hydrogens is 412 g/mol. The van der Waals surface area contributed by atoms with Crippen LogP contribution in [0.1, 0.15) is 65.8 Å². The van der Waals surface area contributed by atoms with Crippen molar-refractivity contribution in [1.29, 1.82) is 0 Å². The topological polar surface area (TPSA) is 79.7 Å². The number of fused-ring (bicyclic) bond motifs is 2. The molecule has 2 aliphatic rings. The second kappa shape index (κ2) is 8.23. The molecule has 0 radical (unpaired) electrons. The molecule has 0 amide bonds. The lowest BCUT2D eigenvalue weighted by Crippen LogP contribution is -2.39. The third-order valence-electron chi connectivity index (χ3n) is 7.28. The van der Waals surface area contributed by atoms with Crippen LogP contribution in [0.2, 0.25) is 0 Å². The van der Waals surface area contributed by atoms with Crippen molar-refractivity contribution < 1.29 is 0 Å². The minimum absolute atomic E-state index is 0.0714. The SMILES string of the molecule is Cc1ccc2cc([C@H](c3nnnn3C3CCCC3)N3CCc4ccccc4C3)c(=O)[nH]c2c1.